The number of aryl methyl sites for hydroxylation is 1. The summed E-state index contributed by atoms with van der Waals surface area (Å²) < 4.78 is 5.71. The fourth-order valence-electron chi connectivity index (χ4n) is 1.29. The van der Waals surface area contributed by atoms with Crippen molar-refractivity contribution in [2.45, 2.75) is 13.0 Å². The van der Waals surface area contributed by atoms with Gasteiger partial charge < -0.3 is 15.2 Å². The molecular formula is C12H14INO4. The molecule has 0 aliphatic carbocycles. The van der Waals surface area contributed by atoms with E-state index in [1.54, 1.807) is 12.1 Å². The van der Waals surface area contributed by atoms with Gasteiger partial charge in [-0.05, 0) is 47.2 Å². The molecule has 18 heavy (non-hydrogen) atoms. The topological polar surface area (TPSA) is 75.6 Å². The van der Waals surface area contributed by atoms with E-state index < -0.39 is 12.1 Å². The van der Waals surface area contributed by atoms with Crippen molar-refractivity contribution in [3.63, 3.8) is 0 Å². The zero-order chi connectivity index (χ0) is 13.7. The van der Waals surface area contributed by atoms with Gasteiger partial charge in [-0.2, -0.15) is 0 Å². The number of aliphatic carboxylic acids is 1. The van der Waals surface area contributed by atoms with Crippen molar-refractivity contribution in [1.82, 2.24) is 5.32 Å². The van der Waals surface area contributed by atoms with Crippen LogP contribution in [0.2, 0.25) is 0 Å². The molecule has 1 atom stereocenters. The Bertz CT molecular complexity index is 461. The van der Waals surface area contributed by atoms with E-state index in [2.05, 4.69) is 27.9 Å². The van der Waals surface area contributed by atoms with Crippen LogP contribution in [-0.2, 0) is 9.53 Å². The summed E-state index contributed by atoms with van der Waals surface area (Å²) in [4.78, 5) is 22.5. The van der Waals surface area contributed by atoms with Gasteiger partial charge in [-0.15, -0.1) is 0 Å². The summed E-state index contributed by atoms with van der Waals surface area (Å²) in [6.45, 7) is 1.89. The third-order valence-electron chi connectivity index (χ3n) is 2.44. The van der Waals surface area contributed by atoms with Crippen molar-refractivity contribution in [3.05, 3.63) is 32.9 Å². The van der Waals surface area contributed by atoms with E-state index >= 15 is 0 Å². The SMILES string of the molecule is COC(CNC(=O)c1ccc(C)c(I)c1)C(=O)O. The van der Waals surface area contributed by atoms with Gasteiger partial charge in [0.1, 0.15) is 0 Å². The Kier molecular flexibility index (Phi) is 5.54. The Hall–Kier alpha value is -1.15. The molecular weight excluding hydrogens is 349 g/mol. The van der Waals surface area contributed by atoms with Crippen LogP contribution in [0.1, 0.15) is 15.9 Å². The molecule has 1 unspecified atom stereocenters. The first kappa shape index (κ1) is 14.9. The molecule has 0 saturated heterocycles. The molecule has 5 nitrogen and oxygen atoms in total. The van der Waals surface area contributed by atoms with Crippen LogP contribution in [-0.4, -0.2) is 36.7 Å². The number of carbonyl (C=O) groups excluding carboxylic acids is 1. The van der Waals surface area contributed by atoms with Crippen molar-refractivity contribution in [3.8, 4) is 0 Å². The second kappa shape index (κ2) is 6.69. The third kappa shape index (κ3) is 3.95. The van der Waals surface area contributed by atoms with Crippen LogP contribution >= 0.6 is 22.6 Å². The van der Waals surface area contributed by atoms with Crippen LogP contribution in [0.15, 0.2) is 18.2 Å². The number of halogens is 1. The Morgan fingerprint density at radius 3 is 2.67 bits per heavy atom. The number of carbonyl (C=O) groups is 2. The zero-order valence-corrected chi connectivity index (χ0v) is 12.2. The number of rotatable bonds is 5. The maximum atomic E-state index is 11.8. The van der Waals surface area contributed by atoms with Gasteiger partial charge >= 0.3 is 5.97 Å². The highest BCUT2D eigenvalue weighted by Crippen LogP contribution is 2.13. The first-order valence-electron chi connectivity index (χ1n) is 5.25. The normalized spacial score (nSPS) is 11.9. The van der Waals surface area contributed by atoms with Gasteiger partial charge in [-0.25, -0.2) is 4.79 Å². The first-order valence-corrected chi connectivity index (χ1v) is 6.33. The fraction of sp³-hybridized carbons (Fsp3) is 0.333. The largest absolute Gasteiger partial charge is 0.479 e. The van der Waals surface area contributed by atoms with Crippen LogP contribution in [0.25, 0.3) is 0 Å². The van der Waals surface area contributed by atoms with E-state index in [-0.39, 0.29) is 12.5 Å². The second-order valence-corrected chi connectivity index (χ2v) is 4.90. The molecule has 98 valence electrons. The van der Waals surface area contributed by atoms with Gasteiger partial charge in [-0.1, -0.05) is 6.07 Å². The smallest absolute Gasteiger partial charge is 0.334 e. The first-order chi connectivity index (χ1) is 8.45. The van der Waals surface area contributed by atoms with Crippen molar-refractivity contribution < 1.29 is 19.4 Å². The number of nitrogens with one attached hydrogen (secondary N) is 1. The maximum absolute atomic E-state index is 11.8. The zero-order valence-electron chi connectivity index (χ0n) is 10.1. The Balaban J connectivity index is 2.65. The number of benzene rings is 1. The molecule has 0 fully saturated rings. The summed E-state index contributed by atoms with van der Waals surface area (Å²) in [7, 11) is 1.29. The number of methoxy groups -OCH3 is 1. The van der Waals surface area contributed by atoms with Crippen molar-refractivity contribution in [2.24, 2.45) is 0 Å². The number of hydrogen-bond donors (Lipinski definition) is 2. The predicted octanol–water partition coefficient (Wildman–Crippen LogP) is 1.43. The van der Waals surface area contributed by atoms with Crippen LogP contribution < -0.4 is 5.32 Å². The van der Waals surface area contributed by atoms with Gasteiger partial charge in [0.15, 0.2) is 6.10 Å². The lowest BCUT2D eigenvalue weighted by Gasteiger charge is -2.11. The lowest BCUT2D eigenvalue weighted by Crippen LogP contribution is -2.37. The summed E-state index contributed by atoms with van der Waals surface area (Å²) in [6, 6.07) is 5.31. The number of hydrogen-bond acceptors (Lipinski definition) is 3. The van der Waals surface area contributed by atoms with E-state index in [1.165, 1.54) is 7.11 Å². The number of carboxylic acid groups (broad SMARTS) is 1. The van der Waals surface area contributed by atoms with Gasteiger partial charge in [0.05, 0.1) is 6.54 Å². The Labute approximate surface area is 119 Å². The standard InChI is InChI=1S/C12H14INO4/c1-7-3-4-8(5-9(7)13)11(15)14-6-10(18-2)12(16)17/h3-5,10H,6H2,1-2H3,(H,14,15)(H,16,17). The minimum atomic E-state index is -1.10. The third-order valence-corrected chi connectivity index (χ3v) is 3.60. The molecule has 0 spiro atoms. The minimum absolute atomic E-state index is 0.0604. The predicted molar refractivity (Wildman–Crippen MR) is 74.7 cm³/mol. The summed E-state index contributed by atoms with van der Waals surface area (Å²) >= 11 is 2.14. The molecule has 0 heterocycles. The molecule has 0 aromatic heterocycles. The summed E-state index contributed by atoms with van der Waals surface area (Å²) in [6.07, 6.45) is -1.03. The van der Waals surface area contributed by atoms with Crippen LogP contribution in [0.4, 0.5) is 0 Å². The van der Waals surface area contributed by atoms with Gasteiger partial charge in [0.2, 0.25) is 0 Å². The summed E-state index contributed by atoms with van der Waals surface area (Å²) in [5, 5.41) is 11.3. The molecule has 0 aliphatic heterocycles. The van der Waals surface area contributed by atoms with Crippen LogP contribution in [0.3, 0.4) is 0 Å². The Morgan fingerprint density at radius 1 is 1.50 bits per heavy atom. The Morgan fingerprint density at radius 2 is 2.17 bits per heavy atom. The van der Waals surface area contributed by atoms with Gasteiger partial charge in [0, 0.05) is 16.2 Å². The molecule has 0 aliphatic rings. The second-order valence-electron chi connectivity index (χ2n) is 3.74. The van der Waals surface area contributed by atoms with Crippen LogP contribution in [0.5, 0.6) is 0 Å². The van der Waals surface area contributed by atoms with E-state index in [4.69, 9.17) is 9.84 Å². The van der Waals surface area contributed by atoms with Gasteiger partial charge in [0.25, 0.3) is 5.91 Å². The summed E-state index contributed by atoms with van der Waals surface area (Å²) in [5.74, 6) is -1.41. The molecule has 1 amide bonds. The summed E-state index contributed by atoms with van der Waals surface area (Å²) in [5.41, 5.74) is 1.60. The quantitative estimate of drug-likeness (QED) is 0.777. The molecule has 1 aromatic rings. The molecule has 1 rings (SSSR count). The highest BCUT2D eigenvalue weighted by Gasteiger charge is 2.17. The van der Waals surface area contributed by atoms with Crippen molar-refractivity contribution >= 4 is 34.5 Å². The average molecular weight is 363 g/mol. The van der Waals surface area contributed by atoms with E-state index in [9.17, 15) is 9.59 Å². The monoisotopic (exact) mass is 363 g/mol. The molecule has 0 saturated carbocycles. The maximum Gasteiger partial charge on any atom is 0.334 e. The van der Waals surface area contributed by atoms with E-state index in [1.807, 2.05) is 13.0 Å². The highest BCUT2D eigenvalue weighted by atomic mass is 127. The molecule has 0 bridgehead atoms. The molecule has 1 aromatic carbocycles. The van der Waals surface area contributed by atoms with Crippen molar-refractivity contribution in [1.29, 1.82) is 0 Å². The lowest BCUT2D eigenvalue weighted by molar-refractivity contribution is -0.148. The van der Waals surface area contributed by atoms with Gasteiger partial charge in [-0.3, -0.25) is 4.79 Å². The van der Waals surface area contributed by atoms with Crippen molar-refractivity contribution in [2.75, 3.05) is 13.7 Å². The minimum Gasteiger partial charge on any atom is -0.479 e. The average Bonchev–Trinajstić information content (AvgIpc) is 2.32. The van der Waals surface area contributed by atoms with Crippen LogP contribution in [0, 0.1) is 10.5 Å². The van der Waals surface area contributed by atoms with E-state index in [0.717, 1.165) is 9.13 Å². The molecule has 0 radical (unpaired) electrons. The number of amides is 1. The number of ether oxygens (including phenoxy) is 1. The lowest BCUT2D eigenvalue weighted by atomic mass is 10.1. The highest BCUT2D eigenvalue weighted by molar-refractivity contribution is 14.1. The van der Waals surface area contributed by atoms with E-state index in [0.29, 0.717) is 5.56 Å². The fourth-order valence-corrected chi connectivity index (χ4v) is 1.81. The molecule has 2 N–H and O–H groups in total. The number of carboxylic acids is 1. The molecule has 6 heteroatoms.